The summed E-state index contributed by atoms with van der Waals surface area (Å²) >= 11 is 0. The van der Waals surface area contributed by atoms with Crippen molar-refractivity contribution in [2.75, 3.05) is 0 Å². The Hall–Kier alpha value is -1.72. The normalized spacial score (nSPS) is 13.8. The predicted molar refractivity (Wildman–Crippen MR) is 126 cm³/mol. The molecule has 0 aliphatic heterocycles. The van der Waals surface area contributed by atoms with Gasteiger partial charge in [-0.2, -0.15) is 0 Å². The average Bonchev–Trinajstić information content (AvgIpc) is 2.65. The van der Waals surface area contributed by atoms with Crippen LogP contribution in [0.4, 0.5) is 0 Å². The standard InChI is InChI=1S/C25H46N2O4/c1-6-8-10-12-19(3)16-25(31)27-23(18-21(5)29)14-15-24(30)26-22(17-20(4)28)13-11-9-7-2/h19,22-23H,6-18H2,1-5H3,(H,26,30)(H,27,31). The van der Waals surface area contributed by atoms with E-state index in [4.69, 9.17) is 0 Å². The number of hydrogen-bond donors (Lipinski definition) is 2. The first kappa shape index (κ1) is 29.3. The van der Waals surface area contributed by atoms with Gasteiger partial charge in [-0.25, -0.2) is 0 Å². The van der Waals surface area contributed by atoms with Gasteiger partial charge in [0.25, 0.3) is 0 Å². The Balaban J connectivity index is 4.60. The van der Waals surface area contributed by atoms with Crippen LogP contribution in [0.2, 0.25) is 0 Å². The fraction of sp³-hybridized carbons (Fsp3) is 0.840. The molecule has 0 fully saturated rings. The molecule has 0 saturated heterocycles. The summed E-state index contributed by atoms with van der Waals surface area (Å²) in [6.07, 6.45) is 10.1. The van der Waals surface area contributed by atoms with Gasteiger partial charge in [-0.05, 0) is 32.6 Å². The highest BCUT2D eigenvalue weighted by molar-refractivity contribution is 5.81. The summed E-state index contributed by atoms with van der Waals surface area (Å²) < 4.78 is 0. The van der Waals surface area contributed by atoms with Crippen LogP contribution in [0.15, 0.2) is 0 Å². The minimum atomic E-state index is -0.329. The highest BCUT2D eigenvalue weighted by Crippen LogP contribution is 2.14. The second kappa shape index (κ2) is 17.9. The van der Waals surface area contributed by atoms with Crippen molar-refractivity contribution < 1.29 is 19.2 Å². The molecule has 31 heavy (non-hydrogen) atoms. The van der Waals surface area contributed by atoms with Gasteiger partial charge in [0.2, 0.25) is 11.8 Å². The monoisotopic (exact) mass is 438 g/mol. The van der Waals surface area contributed by atoms with E-state index in [-0.39, 0.29) is 48.3 Å². The summed E-state index contributed by atoms with van der Waals surface area (Å²) in [4.78, 5) is 48.0. The van der Waals surface area contributed by atoms with Crippen LogP contribution in [0, 0.1) is 5.92 Å². The molecule has 0 saturated carbocycles. The number of nitrogens with one attached hydrogen (secondary N) is 2. The molecule has 2 amide bonds. The van der Waals surface area contributed by atoms with Crippen LogP contribution in [-0.4, -0.2) is 35.5 Å². The zero-order valence-electron chi connectivity index (χ0n) is 20.6. The van der Waals surface area contributed by atoms with E-state index in [0.717, 1.165) is 44.9 Å². The average molecular weight is 439 g/mol. The molecule has 0 aromatic rings. The number of carbonyl (C=O) groups excluding carboxylic acids is 4. The van der Waals surface area contributed by atoms with Crippen LogP contribution in [0.1, 0.15) is 118 Å². The maximum absolute atomic E-state index is 12.4. The number of Topliss-reactive ketones (excluding diaryl/α,β-unsaturated/α-hetero) is 2. The zero-order chi connectivity index (χ0) is 23.6. The van der Waals surface area contributed by atoms with Gasteiger partial charge in [-0.15, -0.1) is 0 Å². The largest absolute Gasteiger partial charge is 0.353 e. The highest BCUT2D eigenvalue weighted by atomic mass is 16.2. The smallest absolute Gasteiger partial charge is 0.220 e. The Morgan fingerprint density at radius 3 is 1.65 bits per heavy atom. The lowest BCUT2D eigenvalue weighted by Gasteiger charge is -2.21. The number of rotatable bonds is 19. The first-order valence-corrected chi connectivity index (χ1v) is 12.2. The molecule has 180 valence electrons. The molecule has 6 heteroatoms. The molecule has 0 heterocycles. The maximum Gasteiger partial charge on any atom is 0.220 e. The van der Waals surface area contributed by atoms with Gasteiger partial charge < -0.3 is 10.6 Å². The van der Waals surface area contributed by atoms with Crippen molar-refractivity contribution in [2.24, 2.45) is 5.92 Å². The number of carbonyl (C=O) groups is 4. The van der Waals surface area contributed by atoms with Crippen molar-refractivity contribution in [3.63, 3.8) is 0 Å². The first-order chi connectivity index (χ1) is 14.7. The lowest BCUT2D eigenvalue weighted by molar-refractivity contribution is -0.126. The molecule has 0 rings (SSSR count). The van der Waals surface area contributed by atoms with E-state index in [0.29, 0.717) is 25.2 Å². The lowest BCUT2D eigenvalue weighted by Crippen LogP contribution is -2.40. The van der Waals surface area contributed by atoms with Crippen LogP contribution >= 0.6 is 0 Å². The van der Waals surface area contributed by atoms with E-state index in [2.05, 4.69) is 31.4 Å². The summed E-state index contributed by atoms with van der Waals surface area (Å²) in [5, 5.41) is 5.93. The molecule has 3 atom stereocenters. The van der Waals surface area contributed by atoms with E-state index in [1.54, 1.807) is 6.92 Å². The van der Waals surface area contributed by atoms with Gasteiger partial charge in [0, 0.05) is 37.8 Å². The topological polar surface area (TPSA) is 92.3 Å². The molecule has 2 N–H and O–H groups in total. The summed E-state index contributed by atoms with van der Waals surface area (Å²) in [7, 11) is 0. The molecule has 3 unspecified atom stereocenters. The van der Waals surface area contributed by atoms with E-state index in [1.165, 1.54) is 13.3 Å². The molecule has 0 aliphatic rings. The van der Waals surface area contributed by atoms with E-state index < -0.39 is 0 Å². The van der Waals surface area contributed by atoms with E-state index in [9.17, 15) is 19.2 Å². The van der Waals surface area contributed by atoms with Gasteiger partial charge in [0.15, 0.2) is 0 Å². The number of ketones is 2. The Morgan fingerprint density at radius 2 is 1.13 bits per heavy atom. The number of amides is 2. The molecule has 0 radical (unpaired) electrons. The van der Waals surface area contributed by atoms with Crippen molar-refractivity contribution in [3.8, 4) is 0 Å². The molecule has 6 nitrogen and oxygen atoms in total. The predicted octanol–water partition coefficient (Wildman–Crippen LogP) is 4.88. The van der Waals surface area contributed by atoms with Crippen molar-refractivity contribution in [3.05, 3.63) is 0 Å². The Morgan fingerprint density at radius 1 is 0.645 bits per heavy atom. The van der Waals surface area contributed by atoms with Crippen molar-refractivity contribution >= 4 is 23.4 Å². The maximum atomic E-state index is 12.4. The van der Waals surface area contributed by atoms with Gasteiger partial charge in [0.05, 0.1) is 0 Å². The fourth-order valence-corrected chi connectivity index (χ4v) is 3.84. The van der Waals surface area contributed by atoms with Crippen LogP contribution in [-0.2, 0) is 19.2 Å². The molecule has 0 aromatic carbocycles. The zero-order valence-corrected chi connectivity index (χ0v) is 20.6. The van der Waals surface area contributed by atoms with Crippen molar-refractivity contribution in [1.82, 2.24) is 10.6 Å². The van der Waals surface area contributed by atoms with Crippen molar-refractivity contribution in [2.45, 2.75) is 130 Å². The highest BCUT2D eigenvalue weighted by Gasteiger charge is 2.19. The summed E-state index contributed by atoms with van der Waals surface area (Å²) in [6.45, 7) is 9.40. The van der Waals surface area contributed by atoms with E-state index >= 15 is 0 Å². The fourth-order valence-electron chi connectivity index (χ4n) is 3.84. The summed E-state index contributed by atoms with van der Waals surface area (Å²) in [6, 6.07) is -0.466. The molecule has 0 bridgehead atoms. The summed E-state index contributed by atoms with van der Waals surface area (Å²) in [5.41, 5.74) is 0. The minimum absolute atomic E-state index is 0.00396. The van der Waals surface area contributed by atoms with Crippen LogP contribution in [0.3, 0.4) is 0 Å². The second-order valence-electron chi connectivity index (χ2n) is 9.18. The molecule has 0 spiro atoms. The van der Waals surface area contributed by atoms with Crippen molar-refractivity contribution in [1.29, 1.82) is 0 Å². The molecular formula is C25H46N2O4. The van der Waals surface area contributed by atoms with Gasteiger partial charge in [-0.3, -0.25) is 19.2 Å². The molecular weight excluding hydrogens is 392 g/mol. The van der Waals surface area contributed by atoms with Gasteiger partial charge in [-0.1, -0.05) is 65.7 Å². The molecule has 0 aromatic heterocycles. The van der Waals surface area contributed by atoms with Gasteiger partial charge >= 0.3 is 0 Å². The van der Waals surface area contributed by atoms with Crippen LogP contribution < -0.4 is 10.6 Å². The van der Waals surface area contributed by atoms with Gasteiger partial charge in [0.1, 0.15) is 11.6 Å². The van der Waals surface area contributed by atoms with Crippen LogP contribution in [0.25, 0.3) is 0 Å². The molecule has 0 aliphatic carbocycles. The second-order valence-corrected chi connectivity index (χ2v) is 9.18. The third-order valence-corrected chi connectivity index (χ3v) is 5.51. The summed E-state index contributed by atoms with van der Waals surface area (Å²) in [5.74, 6) is 0.193. The third-order valence-electron chi connectivity index (χ3n) is 5.51. The first-order valence-electron chi connectivity index (χ1n) is 12.2. The number of unbranched alkanes of at least 4 members (excludes halogenated alkanes) is 4. The number of hydrogen-bond acceptors (Lipinski definition) is 4. The SMILES string of the molecule is CCCCCC(C)CC(=O)NC(CCC(=O)NC(CCCCC)CC(C)=O)CC(C)=O. The lowest BCUT2D eigenvalue weighted by atomic mass is 9.98. The minimum Gasteiger partial charge on any atom is -0.353 e. The quantitative estimate of drug-likeness (QED) is 0.281. The Kier molecular flexibility index (Phi) is 16.9. The Labute approximate surface area is 189 Å². The third kappa shape index (κ3) is 17.6. The Bertz CT molecular complexity index is 548. The van der Waals surface area contributed by atoms with E-state index in [1.807, 2.05) is 0 Å². The van der Waals surface area contributed by atoms with Crippen LogP contribution in [0.5, 0.6) is 0 Å².